The first-order chi connectivity index (χ1) is 9.40. The SMILES string of the molecule is CC(C)(C)OC(=O)CC(CN)c1c[nH]c2ccccc12. The molecular formula is C16H22N2O2. The molecule has 0 saturated carbocycles. The number of esters is 1. The van der Waals surface area contributed by atoms with Crippen LogP contribution in [0.2, 0.25) is 0 Å². The lowest BCUT2D eigenvalue weighted by molar-refractivity contribution is -0.155. The Morgan fingerprint density at radius 3 is 2.70 bits per heavy atom. The molecule has 2 aromatic rings. The molecule has 1 aromatic heterocycles. The number of rotatable bonds is 4. The second-order valence-corrected chi connectivity index (χ2v) is 6.01. The van der Waals surface area contributed by atoms with Crippen LogP contribution in [-0.4, -0.2) is 23.1 Å². The van der Waals surface area contributed by atoms with E-state index in [0.717, 1.165) is 16.5 Å². The van der Waals surface area contributed by atoms with Gasteiger partial charge in [-0.05, 0) is 38.9 Å². The fraction of sp³-hybridized carbons (Fsp3) is 0.438. The number of hydrogen-bond acceptors (Lipinski definition) is 3. The smallest absolute Gasteiger partial charge is 0.306 e. The van der Waals surface area contributed by atoms with Crippen molar-refractivity contribution >= 4 is 16.9 Å². The lowest BCUT2D eigenvalue weighted by Gasteiger charge is -2.21. The molecule has 0 spiro atoms. The maximum Gasteiger partial charge on any atom is 0.306 e. The van der Waals surface area contributed by atoms with Gasteiger partial charge < -0.3 is 15.5 Å². The van der Waals surface area contributed by atoms with Crippen LogP contribution in [0.25, 0.3) is 10.9 Å². The number of fused-ring (bicyclic) bond motifs is 1. The number of carbonyl (C=O) groups is 1. The van der Waals surface area contributed by atoms with Crippen LogP contribution in [0.1, 0.15) is 38.7 Å². The van der Waals surface area contributed by atoms with E-state index in [0.29, 0.717) is 13.0 Å². The van der Waals surface area contributed by atoms with Gasteiger partial charge in [-0.15, -0.1) is 0 Å². The van der Waals surface area contributed by atoms with Gasteiger partial charge in [0.2, 0.25) is 0 Å². The van der Waals surface area contributed by atoms with Crippen molar-refractivity contribution < 1.29 is 9.53 Å². The summed E-state index contributed by atoms with van der Waals surface area (Å²) in [6.45, 7) is 6.03. The first-order valence-electron chi connectivity index (χ1n) is 6.88. The number of nitrogens with two attached hydrogens (primary N) is 1. The van der Waals surface area contributed by atoms with Crippen molar-refractivity contribution in [1.82, 2.24) is 4.98 Å². The highest BCUT2D eigenvalue weighted by atomic mass is 16.6. The zero-order chi connectivity index (χ0) is 14.8. The number of H-pyrrole nitrogens is 1. The van der Waals surface area contributed by atoms with Crippen LogP contribution in [0.3, 0.4) is 0 Å². The molecule has 0 amide bonds. The van der Waals surface area contributed by atoms with Gasteiger partial charge in [0.15, 0.2) is 0 Å². The van der Waals surface area contributed by atoms with Crippen molar-refractivity contribution in [2.45, 2.75) is 38.7 Å². The number of hydrogen-bond donors (Lipinski definition) is 2. The third-order valence-corrected chi connectivity index (χ3v) is 3.18. The zero-order valence-corrected chi connectivity index (χ0v) is 12.3. The Labute approximate surface area is 119 Å². The molecule has 4 nitrogen and oxygen atoms in total. The maximum absolute atomic E-state index is 12.0. The predicted molar refractivity (Wildman–Crippen MR) is 80.6 cm³/mol. The highest BCUT2D eigenvalue weighted by Gasteiger charge is 2.22. The maximum atomic E-state index is 12.0. The summed E-state index contributed by atoms with van der Waals surface area (Å²) < 4.78 is 5.38. The predicted octanol–water partition coefficient (Wildman–Crippen LogP) is 2.94. The second kappa shape index (κ2) is 5.67. The van der Waals surface area contributed by atoms with Gasteiger partial charge in [0.1, 0.15) is 5.60 Å². The van der Waals surface area contributed by atoms with Crippen molar-refractivity contribution in [2.24, 2.45) is 5.73 Å². The molecule has 20 heavy (non-hydrogen) atoms. The largest absolute Gasteiger partial charge is 0.460 e. The summed E-state index contributed by atoms with van der Waals surface area (Å²) in [5.41, 5.74) is 7.52. The molecule has 0 saturated heterocycles. The number of benzene rings is 1. The Morgan fingerprint density at radius 1 is 1.35 bits per heavy atom. The van der Waals surface area contributed by atoms with Crippen molar-refractivity contribution in [2.75, 3.05) is 6.54 Å². The molecular weight excluding hydrogens is 252 g/mol. The van der Waals surface area contributed by atoms with E-state index in [-0.39, 0.29) is 11.9 Å². The molecule has 0 aliphatic carbocycles. The van der Waals surface area contributed by atoms with E-state index in [1.54, 1.807) is 0 Å². The van der Waals surface area contributed by atoms with Crippen LogP contribution < -0.4 is 5.73 Å². The van der Waals surface area contributed by atoms with Crippen molar-refractivity contribution in [3.8, 4) is 0 Å². The summed E-state index contributed by atoms with van der Waals surface area (Å²) in [5, 5.41) is 1.12. The monoisotopic (exact) mass is 274 g/mol. The lowest BCUT2D eigenvalue weighted by atomic mass is 9.95. The van der Waals surface area contributed by atoms with Gasteiger partial charge in [-0.3, -0.25) is 4.79 Å². The highest BCUT2D eigenvalue weighted by Crippen LogP contribution is 2.28. The Hall–Kier alpha value is -1.81. The first kappa shape index (κ1) is 14.6. The van der Waals surface area contributed by atoms with E-state index in [4.69, 9.17) is 10.5 Å². The molecule has 0 aliphatic heterocycles. The van der Waals surface area contributed by atoms with E-state index in [1.165, 1.54) is 0 Å². The molecule has 1 atom stereocenters. The first-order valence-corrected chi connectivity index (χ1v) is 6.88. The average molecular weight is 274 g/mol. The van der Waals surface area contributed by atoms with Crippen LogP contribution >= 0.6 is 0 Å². The Kier molecular flexibility index (Phi) is 4.14. The molecule has 1 heterocycles. The van der Waals surface area contributed by atoms with Gasteiger partial charge >= 0.3 is 5.97 Å². The molecule has 0 bridgehead atoms. The molecule has 1 unspecified atom stereocenters. The third-order valence-electron chi connectivity index (χ3n) is 3.18. The van der Waals surface area contributed by atoms with E-state index in [9.17, 15) is 4.79 Å². The molecule has 1 aromatic carbocycles. The van der Waals surface area contributed by atoms with Crippen LogP contribution in [0.5, 0.6) is 0 Å². The Balaban J connectivity index is 2.18. The standard InChI is InChI=1S/C16H22N2O2/c1-16(2,3)20-15(19)8-11(9-17)13-10-18-14-7-5-4-6-12(13)14/h4-7,10-11,18H,8-9,17H2,1-3H3. The molecule has 108 valence electrons. The number of aromatic nitrogens is 1. The molecule has 0 fully saturated rings. The minimum Gasteiger partial charge on any atom is -0.460 e. The summed E-state index contributed by atoms with van der Waals surface area (Å²) >= 11 is 0. The lowest BCUT2D eigenvalue weighted by Crippen LogP contribution is -2.26. The summed E-state index contributed by atoms with van der Waals surface area (Å²) in [6, 6.07) is 8.02. The second-order valence-electron chi connectivity index (χ2n) is 6.01. The van der Waals surface area contributed by atoms with Crippen LogP contribution in [0.15, 0.2) is 30.5 Å². The van der Waals surface area contributed by atoms with E-state index >= 15 is 0 Å². The molecule has 0 aliphatic rings. The minimum atomic E-state index is -0.462. The van der Waals surface area contributed by atoms with Crippen molar-refractivity contribution in [1.29, 1.82) is 0 Å². The summed E-state index contributed by atoms with van der Waals surface area (Å²) in [4.78, 5) is 15.2. The topological polar surface area (TPSA) is 68.1 Å². The number of para-hydroxylation sites is 1. The fourth-order valence-electron chi connectivity index (χ4n) is 2.34. The van der Waals surface area contributed by atoms with Gasteiger partial charge in [-0.25, -0.2) is 0 Å². The number of aromatic amines is 1. The average Bonchev–Trinajstić information content (AvgIpc) is 2.77. The zero-order valence-electron chi connectivity index (χ0n) is 12.3. The van der Waals surface area contributed by atoms with Gasteiger partial charge in [0, 0.05) is 23.0 Å². The number of nitrogens with one attached hydrogen (secondary N) is 1. The van der Waals surface area contributed by atoms with Crippen molar-refractivity contribution in [3.63, 3.8) is 0 Å². The number of ether oxygens (including phenoxy) is 1. The summed E-state index contributed by atoms with van der Waals surface area (Å²) in [6.07, 6.45) is 2.24. The quantitative estimate of drug-likeness (QED) is 0.842. The number of carbonyl (C=O) groups excluding carboxylic acids is 1. The molecule has 2 rings (SSSR count). The Bertz CT molecular complexity index is 596. The Morgan fingerprint density at radius 2 is 2.05 bits per heavy atom. The van der Waals surface area contributed by atoms with Crippen LogP contribution in [0, 0.1) is 0 Å². The van der Waals surface area contributed by atoms with Crippen LogP contribution in [0.4, 0.5) is 0 Å². The van der Waals surface area contributed by atoms with E-state index in [2.05, 4.69) is 4.98 Å². The summed E-state index contributed by atoms with van der Waals surface area (Å²) in [5.74, 6) is -0.237. The van der Waals surface area contributed by atoms with Crippen molar-refractivity contribution in [3.05, 3.63) is 36.0 Å². The van der Waals surface area contributed by atoms with Gasteiger partial charge in [0.05, 0.1) is 6.42 Å². The minimum absolute atomic E-state index is 0.0269. The summed E-state index contributed by atoms with van der Waals surface area (Å²) in [7, 11) is 0. The van der Waals surface area contributed by atoms with E-state index in [1.807, 2.05) is 51.2 Å². The fourth-order valence-corrected chi connectivity index (χ4v) is 2.34. The van der Waals surface area contributed by atoms with Gasteiger partial charge in [0.25, 0.3) is 0 Å². The van der Waals surface area contributed by atoms with Crippen LogP contribution in [-0.2, 0) is 9.53 Å². The molecule has 4 heteroatoms. The molecule has 3 N–H and O–H groups in total. The van der Waals surface area contributed by atoms with E-state index < -0.39 is 5.60 Å². The van der Waals surface area contributed by atoms with Gasteiger partial charge in [-0.2, -0.15) is 0 Å². The third kappa shape index (κ3) is 3.39. The molecule has 0 radical (unpaired) electrons. The highest BCUT2D eigenvalue weighted by molar-refractivity contribution is 5.84. The van der Waals surface area contributed by atoms with Gasteiger partial charge in [-0.1, -0.05) is 18.2 Å². The normalized spacial score (nSPS) is 13.4.